The third kappa shape index (κ3) is 4.16. The molecular weight excluding hydrogens is 576 g/mol. The van der Waals surface area contributed by atoms with Crippen molar-refractivity contribution < 1.29 is 60.2 Å². The zero-order valence-electron chi connectivity index (χ0n) is 22.4. The molecule has 1 heterocycles. The van der Waals surface area contributed by atoms with Gasteiger partial charge in [0.05, 0.1) is 0 Å². The lowest BCUT2D eigenvalue weighted by atomic mass is 9.99. The fourth-order valence-electron chi connectivity index (χ4n) is 5.67. The molecule has 12 nitrogen and oxygen atoms in total. The van der Waals surface area contributed by atoms with Gasteiger partial charge in [-0.05, 0) is 29.3 Å². The summed E-state index contributed by atoms with van der Waals surface area (Å²) >= 11 is 0. The average molecular weight is 599 g/mol. The Bertz CT molecular complexity index is 2010. The summed E-state index contributed by atoms with van der Waals surface area (Å²) in [5, 5.41) is 93.7. The molecule has 0 amide bonds. The first-order valence-electron chi connectivity index (χ1n) is 13.1. The Morgan fingerprint density at radius 3 is 1.77 bits per heavy atom. The van der Waals surface area contributed by atoms with Crippen LogP contribution in [0.4, 0.5) is 0 Å². The number of ether oxygens (including phenoxy) is 3. The van der Waals surface area contributed by atoms with Crippen molar-refractivity contribution in [1.29, 1.82) is 0 Å². The van der Waals surface area contributed by atoms with Crippen LogP contribution in [0, 0.1) is 0 Å². The smallest absolute Gasteiger partial charge is 0.212 e. The predicted molar refractivity (Wildman–Crippen MR) is 152 cm³/mol. The molecule has 9 N–H and O–H groups in total. The van der Waals surface area contributed by atoms with Crippen LogP contribution in [0.3, 0.4) is 0 Å². The van der Waals surface area contributed by atoms with Gasteiger partial charge >= 0.3 is 0 Å². The van der Waals surface area contributed by atoms with E-state index in [0.29, 0.717) is 16.7 Å². The van der Waals surface area contributed by atoms with Crippen LogP contribution >= 0.6 is 0 Å². The van der Waals surface area contributed by atoms with Crippen LogP contribution in [0.2, 0.25) is 0 Å². The van der Waals surface area contributed by atoms with Gasteiger partial charge in [-0.3, -0.25) is 0 Å². The lowest BCUT2D eigenvalue weighted by molar-refractivity contribution is 0.316. The number of phenolic OH excluding ortho intramolecular Hbond substituents is 9. The molecule has 5 aromatic carbocycles. The quantitative estimate of drug-likeness (QED) is 0.116. The van der Waals surface area contributed by atoms with E-state index in [9.17, 15) is 46.0 Å². The van der Waals surface area contributed by atoms with Crippen LogP contribution < -0.4 is 14.2 Å². The molecule has 44 heavy (non-hydrogen) atoms. The molecule has 0 fully saturated rings. The molecule has 0 bridgehead atoms. The van der Waals surface area contributed by atoms with Gasteiger partial charge in [0.2, 0.25) is 11.5 Å². The van der Waals surface area contributed by atoms with E-state index < -0.39 is 11.5 Å². The lowest BCUT2D eigenvalue weighted by Gasteiger charge is -2.26. The van der Waals surface area contributed by atoms with E-state index in [2.05, 4.69) is 0 Å². The normalized spacial score (nSPS) is 12.4. The summed E-state index contributed by atoms with van der Waals surface area (Å²) in [6, 6.07) is 10.9. The number of phenols is 9. The molecular formula is C32H22O12. The van der Waals surface area contributed by atoms with Crippen LogP contribution in [-0.4, -0.2) is 46.0 Å². The fraction of sp³-hybridized carbons (Fsp3) is 0.0625. The van der Waals surface area contributed by atoms with Crippen LogP contribution in [0.15, 0.2) is 54.6 Å². The van der Waals surface area contributed by atoms with Crippen molar-refractivity contribution in [2.45, 2.75) is 12.8 Å². The first-order valence-corrected chi connectivity index (χ1v) is 13.1. The highest BCUT2D eigenvalue weighted by molar-refractivity contribution is 5.92. The molecule has 0 atom stereocenters. The van der Waals surface area contributed by atoms with E-state index in [-0.39, 0.29) is 104 Å². The summed E-state index contributed by atoms with van der Waals surface area (Å²) in [5.41, 5.74) is 1.69. The standard InChI is InChI=1S/C32H22O12/c33-14-1-12(2-15(34)6-14)3-19-21(37)10-25(41)30-29(19)43-31-23(39)5-13-4-20-27(26(13)32(31)44-30)22(38)11-24(40)28(20)42-18-8-16(35)7-17(36)9-18/h1-2,5-11,33-41H,3-4H2. The molecule has 12 heteroatoms. The van der Waals surface area contributed by atoms with E-state index in [1.807, 2.05) is 0 Å². The topological polar surface area (TPSA) is 210 Å². The largest absolute Gasteiger partial charge is 0.508 e. The number of hydrogen-bond donors (Lipinski definition) is 9. The Morgan fingerprint density at radius 1 is 0.523 bits per heavy atom. The molecule has 222 valence electrons. The van der Waals surface area contributed by atoms with Crippen molar-refractivity contribution in [3.63, 3.8) is 0 Å². The molecule has 1 aliphatic heterocycles. The fourth-order valence-corrected chi connectivity index (χ4v) is 5.67. The summed E-state index contributed by atoms with van der Waals surface area (Å²) in [5.74, 6) is -3.73. The van der Waals surface area contributed by atoms with Gasteiger partial charge in [0.15, 0.2) is 34.5 Å². The van der Waals surface area contributed by atoms with Crippen molar-refractivity contribution in [2.75, 3.05) is 0 Å². The van der Waals surface area contributed by atoms with Crippen LogP contribution in [0.25, 0.3) is 11.1 Å². The van der Waals surface area contributed by atoms with Crippen molar-refractivity contribution in [3.8, 4) is 97.4 Å². The van der Waals surface area contributed by atoms with Gasteiger partial charge in [0.25, 0.3) is 0 Å². The minimum absolute atomic E-state index is 0.00246. The molecule has 2 aliphatic rings. The first kappa shape index (κ1) is 26.6. The second-order valence-electron chi connectivity index (χ2n) is 10.4. The summed E-state index contributed by atoms with van der Waals surface area (Å²) in [6.45, 7) is 0. The molecule has 7 rings (SSSR count). The highest BCUT2D eigenvalue weighted by atomic mass is 16.6. The van der Waals surface area contributed by atoms with E-state index in [1.54, 1.807) is 0 Å². The van der Waals surface area contributed by atoms with E-state index >= 15 is 0 Å². The van der Waals surface area contributed by atoms with Gasteiger partial charge in [-0.1, -0.05) is 0 Å². The second kappa shape index (κ2) is 9.36. The summed E-state index contributed by atoms with van der Waals surface area (Å²) in [4.78, 5) is 0. The molecule has 1 aliphatic carbocycles. The van der Waals surface area contributed by atoms with Crippen molar-refractivity contribution in [1.82, 2.24) is 0 Å². The Balaban J connectivity index is 1.35. The number of rotatable bonds is 4. The third-order valence-electron chi connectivity index (χ3n) is 7.40. The zero-order valence-corrected chi connectivity index (χ0v) is 22.4. The molecule has 0 saturated carbocycles. The van der Waals surface area contributed by atoms with Crippen molar-refractivity contribution in [2.24, 2.45) is 0 Å². The van der Waals surface area contributed by atoms with Crippen LogP contribution in [0.5, 0.6) is 86.2 Å². The Hall–Kier alpha value is -6.30. The highest BCUT2D eigenvalue weighted by Gasteiger charge is 2.38. The SMILES string of the molecule is Oc1cc(O)cc(Cc2c(O)cc(O)c3c2Oc2c(O)cc4c(c2O3)-c2c(O)cc(O)c(Oc3cc(O)cc(O)c3)c2C4)c1. The Kier molecular flexibility index (Phi) is 5.65. The van der Waals surface area contributed by atoms with E-state index in [1.165, 1.54) is 30.3 Å². The van der Waals surface area contributed by atoms with Gasteiger partial charge in [-0.2, -0.15) is 0 Å². The van der Waals surface area contributed by atoms with Gasteiger partial charge < -0.3 is 60.2 Å². The second-order valence-corrected chi connectivity index (χ2v) is 10.4. The molecule has 0 unspecified atom stereocenters. The number of aromatic hydroxyl groups is 9. The summed E-state index contributed by atoms with van der Waals surface area (Å²) < 4.78 is 18.0. The lowest BCUT2D eigenvalue weighted by Crippen LogP contribution is -2.05. The molecule has 0 spiro atoms. The van der Waals surface area contributed by atoms with Crippen molar-refractivity contribution >= 4 is 0 Å². The van der Waals surface area contributed by atoms with Crippen LogP contribution in [0.1, 0.15) is 22.3 Å². The number of benzene rings is 5. The number of hydrogen-bond acceptors (Lipinski definition) is 12. The zero-order chi connectivity index (χ0) is 31.0. The maximum absolute atomic E-state index is 11.0. The molecule has 0 radical (unpaired) electrons. The van der Waals surface area contributed by atoms with Gasteiger partial charge in [-0.25, -0.2) is 0 Å². The summed E-state index contributed by atoms with van der Waals surface area (Å²) in [6.07, 6.45) is -0.0351. The minimum atomic E-state index is -0.497. The number of fused-ring (bicyclic) bond motifs is 6. The van der Waals surface area contributed by atoms with Crippen LogP contribution in [-0.2, 0) is 12.8 Å². The summed E-state index contributed by atoms with van der Waals surface area (Å²) in [7, 11) is 0. The Labute approximate surface area is 247 Å². The molecule has 0 saturated heterocycles. The predicted octanol–water partition coefficient (Wildman–Crippen LogP) is 5.89. The van der Waals surface area contributed by atoms with Gasteiger partial charge in [-0.15, -0.1) is 0 Å². The Morgan fingerprint density at radius 2 is 1.09 bits per heavy atom. The monoisotopic (exact) mass is 598 g/mol. The molecule has 5 aromatic rings. The highest BCUT2D eigenvalue weighted by Crippen LogP contribution is 2.63. The first-order chi connectivity index (χ1) is 21.0. The van der Waals surface area contributed by atoms with E-state index in [4.69, 9.17) is 14.2 Å². The third-order valence-corrected chi connectivity index (χ3v) is 7.40. The van der Waals surface area contributed by atoms with Gasteiger partial charge in [0, 0.05) is 71.5 Å². The van der Waals surface area contributed by atoms with Crippen molar-refractivity contribution in [3.05, 3.63) is 76.9 Å². The average Bonchev–Trinajstić information content (AvgIpc) is 3.31. The molecule has 0 aromatic heterocycles. The minimum Gasteiger partial charge on any atom is -0.508 e. The maximum atomic E-state index is 11.0. The maximum Gasteiger partial charge on any atom is 0.212 e. The van der Waals surface area contributed by atoms with Gasteiger partial charge in [0.1, 0.15) is 40.2 Å². The van der Waals surface area contributed by atoms with E-state index in [0.717, 1.165) is 24.3 Å².